The van der Waals surface area contributed by atoms with E-state index in [1.807, 2.05) is 31.2 Å². The van der Waals surface area contributed by atoms with E-state index < -0.39 is 6.04 Å². The summed E-state index contributed by atoms with van der Waals surface area (Å²) < 4.78 is 10.7. The Kier molecular flexibility index (Phi) is 4.97. The third-order valence-electron chi connectivity index (χ3n) is 4.45. The zero-order valence-corrected chi connectivity index (χ0v) is 14.9. The first-order chi connectivity index (χ1) is 12.0. The molecule has 6 nitrogen and oxygen atoms in total. The molecule has 1 atom stereocenters. The molecule has 0 bridgehead atoms. The van der Waals surface area contributed by atoms with Gasteiger partial charge in [-0.1, -0.05) is 26.0 Å². The third-order valence-corrected chi connectivity index (χ3v) is 4.45. The molecule has 0 saturated heterocycles. The number of hydrogen-bond donors (Lipinski definition) is 1. The van der Waals surface area contributed by atoms with Crippen LogP contribution in [0.25, 0.3) is 0 Å². The van der Waals surface area contributed by atoms with Crippen LogP contribution < -0.4 is 10.1 Å². The molecule has 0 spiro atoms. The molecule has 1 N–H and O–H groups in total. The summed E-state index contributed by atoms with van der Waals surface area (Å²) >= 11 is 0. The standard InChI is InChI=1S/C19H24N2O4/c1-4-24-14-7-5-13(6-8-14)17-16-15(11-25-18(16)22)21(19(23)20-17)10-9-12(2)3/h5-8,12,17H,4,9-11H2,1-3H3,(H,20,23)/t17-/m1/s1. The number of cyclic esters (lactones) is 1. The van der Waals surface area contributed by atoms with E-state index in [0.717, 1.165) is 17.7 Å². The molecule has 0 radical (unpaired) electrons. The second-order valence-corrected chi connectivity index (χ2v) is 6.66. The van der Waals surface area contributed by atoms with Crippen molar-refractivity contribution in [3.8, 4) is 5.75 Å². The summed E-state index contributed by atoms with van der Waals surface area (Å²) in [4.78, 5) is 26.5. The van der Waals surface area contributed by atoms with Crippen molar-refractivity contribution >= 4 is 12.0 Å². The van der Waals surface area contributed by atoms with Gasteiger partial charge in [-0.2, -0.15) is 0 Å². The Labute approximate surface area is 147 Å². The molecule has 3 rings (SSSR count). The van der Waals surface area contributed by atoms with Crippen molar-refractivity contribution < 1.29 is 19.1 Å². The van der Waals surface area contributed by atoms with Gasteiger partial charge in [0.15, 0.2) is 0 Å². The van der Waals surface area contributed by atoms with Crippen LogP contribution in [-0.2, 0) is 9.53 Å². The number of urea groups is 1. The predicted molar refractivity (Wildman–Crippen MR) is 93.0 cm³/mol. The summed E-state index contributed by atoms with van der Waals surface area (Å²) in [5.74, 6) is 0.872. The lowest BCUT2D eigenvalue weighted by molar-refractivity contribution is -0.136. The minimum absolute atomic E-state index is 0.160. The maximum absolute atomic E-state index is 12.6. The maximum atomic E-state index is 12.6. The van der Waals surface area contributed by atoms with E-state index in [0.29, 0.717) is 30.3 Å². The van der Waals surface area contributed by atoms with Crippen LogP contribution in [0.3, 0.4) is 0 Å². The number of hydrogen-bond acceptors (Lipinski definition) is 4. The van der Waals surface area contributed by atoms with Gasteiger partial charge in [0, 0.05) is 6.54 Å². The van der Waals surface area contributed by atoms with E-state index >= 15 is 0 Å². The molecule has 134 valence electrons. The number of rotatable bonds is 6. The van der Waals surface area contributed by atoms with Crippen LogP contribution in [0.4, 0.5) is 4.79 Å². The highest BCUT2D eigenvalue weighted by Crippen LogP contribution is 2.35. The largest absolute Gasteiger partial charge is 0.494 e. The van der Waals surface area contributed by atoms with Crippen molar-refractivity contribution in [1.29, 1.82) is 0 Å². The van der Waals surface area contributed by atoms with E-state index in [-0.39, 0.29) is 18.6 Å². The lowest BCUT2D eigenvalue weighted by Gasteiger charge is -2.33. The zero-order chi connectivity index (χ0) is 18.0. The molecular formula is C19H24N2O4. The topological polar surface area (TPSA) is 67.9 Å². The Balaban J connectivity index is 1.90. The smallest absolute Gasteiger partial charge is 0.338 e. The SMILES string of the molecule is CCOc1ccc([C@H]2NC(=O)N(CCC(C)C)C3=C2C(=O)OC3)cc1. The Morgan fingerprint density at radius 1 is 1.28 bits per heavy atom. The van der Waals surface area contributed by atoms with Crippen molar-refractivity contribution in [3.05, 3.63) is 41.1 Å². The summed E-state index contributed by atoms with van der Waals surface area (Å²) in [5, 5.41) is 2.95. The molecule has 0 aromatic heterocycles. The van der Waals surface area contributed by atoms with Gasteiger partial charge < -0.3 is 14.8 Å². The number of amides is 2. The number of esters is 1. The molecule has 2 heterocycles. The van der Waals surface area contributed by atoms with Gasteiger partial charge in [0.1, 0.15) is 12.4 Å². The van der Waals surface area contributed by atoms with Crippen LogP contribution in [0.2, 0.25) is 0 Å². The van der Waals surface area contributed by atoms with E-state index in [2.05, 4.69) is 19.2 Å². The van der Waals surface area contributed by atoms with Crippen LogP contribution in [0, 0.1) is 5.92 Å². The summed E-state index contributed by atoms with van der Waals surface area (Å²) in [7, 11) is 0. The molecule has 0 unspecified atom stereocenters. The number of nitrogens with one attached hydrogen (secondary N) is 1. The molecule has 2 aliphatic rings. The second kappa shape index (κ2) is 7.17. The normalized spacial score (nSPS) is 19.8. The fourth-order valence-corrected chi connectivity index (χ4v) is 3.11. The van der Waals surface area contributed by atoms with Gasteiger partial charge in [0.25, 0.3) is 0 Å². The first-order valence-corrected chi connectivity index (χ1v) is 8.72. The first kappa shape index (κ1) is 17.3. The average Bonchev–Trinajstić information content (AvgIpc) is 2.96. The molecule has 25 heavy (non-hydrogen) atoms. The minimum atomic E-state index is -0.483. The van der Waals surface area contributed by atoms with Crippen LogP contribution in [0.1, 0.15) is 38.8 Å². The second-order valence-electron chi connectivity index (χ2n) is 6.66. The summed E-state index contributed by atoms with van der Waals surface area (Å²) in [6.45, 7) is 7.47. The highest BCUT2D eigenvalue weighted by molar-refractivity contribution is 5.97. The molecule has 0 fully saturated rings. The number of carbonyl (C=O) groups excluding carboxylic acids is 2. The maximum Gasteiger partial charge on any atom is 0.338 e. The number of carbonyl (C=O) groups is 2. The molecular weight excluding hydrogens is 320 g/mol. The Morgan fingerprint density at radius 3 is 2.64 bits per heavy atom. The molecule has 2 aliphatic heterocycles. The van der Waals surface area contributed by atoms with Crippen LogP contribution >= 0.6 is 0 Å². The fraction of sp³-hybridized carbons (Fsp3) is 0.474. The van der Waals surface area contributed by atoms with Gasteiger partial charge in [-0.05, 0) is 37.0 Å². The number of nitrogens with zero attached hydrogens (tertiary/aromatic N) is 1. The molecule has 2 amide bonds. The van der Waals surface area contributed by atoms with Crippen molar-refractivity contribution in [2.75, 3.05) is 19.8 Å². The summed E-state index contributed by atoms with van der Waals surface area (Å²) in [5.41, 5.74) is 2.06. The van der Waals surface area contributed by atoms with Crippen molar-refractivity contribution in [2.24, 2.45) is 5.92 Å². The quantitative estimate of drug-likeness (QED) is 0.806. The van der Waals surface area contributed by atoms with E-state index in [1.165, 1.54) is 0 Å². The first-order valence-electron chi connectivity index (χ1n) is 8.72. The average molecular weight is 344 g/mol. The monoisotopic (exact) mass is 344 g/mol. The Morgan fingerprint density at radius 2 is 2.00 bits per heavy atom. The predicted octanol–water partition coefficient (Wildman–Crippen LogP) is 3.01. The van der Waals surface area contributed by atoms with E-state index in [9.17, 15) is 9.59 Å². The van der Waals surface area contributed by atoms with Gasteiger partial charge >= 0.3 is 12.0 Å². The van der Waals surface area contributed by atoms with E-state index in [4.69, 9.17) is 9.47 Å². The van der Waals surface area contributed by atoms with Crippen molar-refractivity contribution in [2.45, 2.75) is 33.2 Å². The molecule has 0 saturated carbocycles. The highest BCUT2D eigenvalue weighted by Gasteiger charge is 2.41. The summed E-state index contributed by atoms with van der Waals surface area (Å²) in [6.07, 6.45) is 0.867. The van der Waals surface area contributed by atoms with Gasteiger partial charge in [0.05, 0.1) is 23.9 Å². The van der Waals surface area contributed by atoms with Crippen LogP contribution in [0.5, 0.6) is 5.75 Å². The lowest BCUT2D eigenvalue weighted by Crippen LogP contribution is -2.47. The van der Waals surface area contributed by atoms with E-state index in [1.54, 1.807) is 4.90 Å². The molecule has 1 aromatic rings. The van der Waals surface area contributed by atoms with Crippen LogP contribution in [-0.4, -0.2) is 36.7 Å². The zero-order valence-electron chi connectivity index (χ0n) is 14.9. The fourth-order valence-electron chi connectivity index (χ4n) is 3.11. The Hall–Kier alpha value is -2.50. The van der Waals surface area contributed by atoms with Crippen molar-refractivity contribution in [1.82, 2.24) is 10.2 Å². The number of benzene rings is 1. The highest BCUT2D eigenvalue weighted by atomic mass is 16.5. The van der Waals surface area contributed by atoms with Crippen molar-refractivity contribution in [3.63, 3.8) is 0 Å². The summed E-state index contributed by atoms with van der Waals surface area (Å²) in [6, 6.07) is 6.76. The van der Waals surface area contributed by atoms with Crippen LogP contribution in [0.15, 0.2) is 35.5 Å². The van der Waals surface area contributed by atoms with Gasteiger partial charge in [-0.15, -0.1) is 0 Å². The minimum Gasteiger partial charge on any atom is -0.494 e. The van der Waals surface area contributed by atoms with Gasteiger partial charge in [-0.3, -0.25) is 4.90 Å². The lowest BCUT2D eigenvalue weighted by atomic mass is 9.95. The molecule has 6 heteroatoms. The molecule has 1 aromatic carbocycles. The molecule has 0 aliphatic carbocycles. The van der Waals surface area contributed by atoms with Gasteiger partial charge in [0.2, 0.25) is 0 Å². The number of ether oxygens (including phenoxy) is 2. The third kappa shape index (κ3) is 3.48. The Bertz CT molecular complexity index is 694. The van der Waals surface area contributed by atoms with Gasteiger partial charge in [-0.25, -0.2) is 9.59 Å².